The Labute approximate surface area is 154 Å². The van der Waals surface area contributed by atoms with Crippen molar-refractivity contribution in [2.24, 2.45) is 0 Å². The largest absolute Gasteiger partial charge is 0.444 e. The number of amides is 1. The first-order valence-corrected chi connectivity index (χ1v) is 8.70. The summed E-state index contributed by atoms with van der Waals surface area (Å²) >= 11 is 0. The van der Waals surface area contributed by atoms with Crippen LogP contribution in [-0.4, -0.2) is 50.3 Å². The molecule has 2 aromatic heterocycles. The van der Waals surface area contributed by atoms with Crippen molar-refractivity contribution in [2.45, 2.75) is 51.4 Å². The number of rotatable bonds is 3. The maximum absolute atomic E-state index is 13.0. The molecule has 1 aliphatic rings. The van der Waals surface area contributed by atoms with Crippen molar-refractivity contribution in [3.8, 4) is 0 Å². The first kappa shape index (κ1) is 19.2. The molecule has 1 atom stereocenters. The Bertz CT molecular complexity index is 828. The molecule has 0 bridgehead atoms. The van der Waals surface area contributed by atoms with Crippen molar-refractivity contribution in [2.75, 3.05) is 18.4 Å². The van der Waals surface area contributed by atoms with E-state index in [2.05, 4.69) is 15.4 Å². The molecule has 27 heavy (non-hydrogen) atoms. The Morgan fingerprint density at radius 3 is 2.78 bits per heavy atom. The van der Waals surface area contributed by atoms with Gasteiger partial charge in [0.05, 0.1) is 12.2 Å². The fourth-order valence-electron chi connectivity index (χ4n) is 3.00. The van der Waals surface area contributed by atoms with Crippen LogP contribution in [0.2, 0.25) is 0 Å². The van der Waals surface area contributed by atoms with E-state index in [1.54, 1.807) is 31.7 Å². The van der Waals surface area contributed by atoms with Crippen molar-refractivity contribution in [3.63, 3.8) is 0 Å². The van der Waals surface area contributed by atoms with E-state index < -0.39 is 17.3 Å². The number of likely N-dealkylation sites (tertiary alicyclic amines) is 1. The zero-order valence-electron chi connectivity index (χ0n) is 15.4. The fraction of sp³-hybridized carbons (Fsp3) is 0.588. The van der Waals surface area contributed by atoms with Gasteiger partial charge in [0, 0.05) is 19.3 Å². The van der Waals surface area contributed by atoms with Gasteiger partial charge in [-0.05, 0) is 39.7 Å². The zero-order chi connectivity index (χ0) is 19.8. The number of halogens is 3. The molecule has 10 heteroatoms. The molecule has 1 fully saturated rings. The van der Waals surface area contributed by atoms with Gasteiger partial charge >= 0.3 is 12.3 Å². The molecule has 2 aromatic rings. The summed E-state index contributed by atoms with van der Waals surface area (Å²) in [6.45, 7) is 6.37. The molecule has 3 heterocycles. The molecule has 0 saturated carbocycles. The van der Waals surface area contributed by atoms with Gasteiger partial charge in [-0.3, -0.25) is 0 Å². The fourth-order valence-corrected chi connectivity index (χ4v) is 3.00. The highest BCUT2D eigenvalue weighted by Gasteiger charge is 2.35. The van der Waals surface area contributed by atoms with Gasteiger partial charge < -0.3 is 15.0 Å². The second-order valence-corrected chi connectivity index (χ2v) is 7.49. The Balaban J connectivity index is 1.70. The number of ether oxygens (including phenoxy) is 1. The zero-order valence-corrected chi connectivity index (χ0v) is 15.4. The van der Waals surface area contributed by atoms with Crippen LogP contribution < -0.4 is 5.32 Å². The van der Waals surface area contributed by atoms with Crippen LogP contribution in [0.5, 0.6) is 0 Å². The highest BCUT2D eigenvalue weighted by atomic mass is 19.4. The summed E-state index contributed by atoms with van der Waals surface area (Å²) in [6, 6.07) is 1.44. The molecule has 0 radical (unpaired) electrons. The Morgan fingerprint density at radius 1 is 1.37 bits per heavy atom. The van der Waals surface area contributed by atoms with E-state index in [4.69, 9.17) is 4.74 Å². The predicted molar refractivity (Wildman–Crippen MR) is 92.4 cm³/mol. The maximum atomic E-state index is 13.0. The van der Waals surface area contributed by atoms with Crippen molar-refractivity contribution >= 4 is 17.6 Å². The van der Waals surface area contributed by atoms with Crippen LogP contribution in [0.25, 0.3) is 5.65 Å². The average Bonchev–Trinajstić information content (AvgIpc) is 3.17. The Hall–Kier alpha value is -2.52. The van der Waals surface area contributed by atoms with Gasteiger partial charge in [0.2, 0.25) is 0 Å². The number of aromatic nitrogens is 3. The highest BCUT2D eigenvalue weighted by Crippen LogP contribution is 2.32. The van der Waals surface area contributed by atoms with Gasteiger partial charge in [0.1, 0.15) is 17.0 Å². The quantitative estimate of drug-likeness (QED) is 0.875. The lowest BCUT2D eigenvalue weighted by atomic mass is 10.2. The van der Waals surface area contributed by atoms with E-state index in [1.165, 1.54) is 6.20 Å². The minimum Gasteiger partial charge on any atom is -0.444 e. The molecule has 1 N–H and O–H groups in total. The molecular formula is C17H22F3N5O2. The van der Waals surface area contributed by atoms with Gasteiger partial charge in [-0.2, -0.15) is 18.3 Å². The normalized spacial score (nSPS) is 18.1. The lowest BCUT2D eigenvalue weighted by Gasteiger charge is -2.28. The first-order valence-electron chi connectivity index (χ1n) is 8.70. The van der Waals surface area contributed by atoms with Crippen LogP contribution in [-0.2, 0) is 10.9 Å². The number of fused-ring (bicyclic) bond motifs is 1. The Morgan fingerprint density at radius 2 is 2.11 bits per heavy atom. The van der Waals surface area contributed by atoms with Crippen molar-refractivity contribution in [1.82, 2.24) is 19.5 Å². The van der Waals surface area contributed by atoms with Crippen molar-refractivity contribution in [3.05, 3.63) is 24.0 Å². The standard InChI is InChI=1S/C17H22F3N5O2/c1-16(2,3)27-15(26)24-7-4-5-11(24)9-21-13-6-8-25-14(23-13)12(10-22-25)17(18,19)20/h6,8,10-11H,4-5,7,9H2,1-3H3,(H,21,23)/t11-/m0/s1. The number of anilines is 1. The lowest BCUT2D eigenvalue weighted by molar-refractivity contribution is -0.136. The molecule has 0 aromatic carbocycles. The maximum Gasteiger partial charge on any atom is 0.421 e. The van der Waals surface area contributed by atoms with Crippen LogP contribution in [0, 0.1) is 0 Å². The molecule has 0 aliphatic carbocycles. The van der Waals surface area contributed by atoms with Crippen LogP contribution >= 0.6 is 0 Å². The van der Waals surface area contributed by atoms with Crippen LogP contribution in [0.15, 0.2) is 18.5 Å². The molecule has 1 amide bonds. The number of hydrogen-bond donors (Lipinski definition) is 1. The topological polar surface area (TPSA) is 71.8 Å². The summed E-state index contributed by atoms with van der Waals surface area (Å²) in [5.41, 5.74) is -1.73. The van der Waals surface area contributed by atoms with E-state index in [1.807, 2.05) is 0 Å². The molecular weight excluding hydrogens is 363 g/mol. The van der Waals surface area contributed by atoms with Gasteiger partial charge in [-0.15, -0.1) is 0 Å². The minimum atomic E-state index is -4.52. The summed E-state index contributed by atoms with van der Waals surface area (Å²) in [5, 5.41) is 6.70. The molecule has 3 rings (SSSR count). The molecule has 0 unspecified atom stereocenters. The summed E-state index contributed by atoms with van der Waals surface area (Å²) in [7, 11) is 0. The Kier molecular flexibility index (Phi) is 4.92. The third kappa shape index (κ3) is 4.42. The number of nitrogens with one attached hydrogen (secondary N) is 1. The molecule has 148 valence electrons. The van der Waals surface area contributed by atoms with Gasteiger partial charge in [-0.25, -0.2) is 14.3 Å². The third-order valence-electron chi connectivity index (χ3n) is 4.20. The van der Waals surface area contributed by atoms with E-state index in [-0.39, 0.29) is 17.8 Å². The van der Waals surface area contributed by atoms with E-state index >= 15 is 0 Å². The lowest BCUT2D eigenvalue weighted by Crippen LogP contribution is -2.42. The molecule has 0 spiro atoms. The van der Waals surface area contributed by atoms with E-state index in [0.29, 0.717) is 18.9 Å². The van der Waals surface area contributed by atoms with Crippen LogP contribution in [0.1, 0.15) is 39.2 Å². The minimum absolute atomic E-state index is 0.107. The molecule has 1 saturated heterocycles. The predicted octanol–water partition coefficient (Wildman–Crippen LogP) is 3.56. The number of hydrogen-bond acceptors (Lipinski definition) is 5. The van der Waals surface area contributed by atoms with Gasteiger partial charge in [0.15, 0.2) is 5.65 Å². The second-order valence-electron chi connectivity index (χ2n) is 7.49. The second kappa shape index (κ2) is 6.90. The molecule has 1 aliphatic heterocycles. The van der Waals surface area contributed by atoms with E-state index in [9.17, 15) is 18.0 Å². The van der Waals surface area contributed by atoms with Gasteiger partial charge in [0.25, 0.3) is 0 Å². The number of carbonyl (C=O) groups is 1. The summed E-state index contributed by atoms with van der Waals surface area (Å²) in [4.78, 5) is 18.0. The average molecular weight is 385 g/mol. The summed E-state index contributed by atoms with van der Waals surface area (Å²) in [6.07, 6.45) is -1.10. The smallest absolute Gasteiger partial charge is 0.421 e. The summed E-state index contributed by atoms with van der Waals surface area (Å²) in [5.74, 6) is 0.296. The van der Waals surface area contributed by atoms with Gasteiger partial charge in [-0.1, -0.05) is 0 Å². The summed E-state index contributed by atoms with van der Waals surface area (Å²) < 4.78 is 45.5. The van der Waals surface area contributed by atoms with Crippen molar-refractivity contribution < 1.29 is 22.7 Å². The monoisotopic (exact) mass is 385 g/mol. The first-order chi connectivity index (χ1) is 12.5. The van der Waals surface area contributed by atoms with Crippen LogP contribution in [0.4, 0.5) is 23.8 Å². The highest BCUT2D eigenvalue weighted by molar-refractivity contribution is 5.69. The number of alkyl halides is 3. The van der Waals surface area contributed by atoms with E-state index in [0.717, 1.165) is 23.6 Å². The number of carbonyl (C=O) groups excluding carboxylic acids is 1. The third-order valence-corrected chi connectivity index (χ3v) is 4.20. The number of nitrogens with zero attached hydrogens (tertiary/aromatic N) is 4. The molecule has 7 nitrogen and oxygen atoms in total. The van der Waals surface area contributed by atoms with Crippen LogP contribution in [0.3, 0.4) is 0 Å². The van der Waals surface area contributed by atoms with Crippen molar-refractivity contribution in [1.29, 1.82) is 0 Å². The SMILES string of the molecule is CC(C)(C)OC(=O)N1CCC[C@H]1CNc1ccn2ncc(C(F)(F)F)c2n1.